The molecule has 0 saturated heterocycles. The van der Waals surface area contributed by atoms with Crippen molar-refractivity contribution in [1.82, 2.24) is 20.0 Å². The Morgan fingerprint density at radius 1 is 1.25 bits per heavy atom. The van der Waals surface area contributed by atoms with Crippen LogP contribution in [0.3, 0.4) is 0 Å². The van der Waals surface area contributed by atoms with Crippen LogP contribution in [0, 0.1) is 5.41 Å². The molecular weight excluding hydrogens is 378 g/mol. The lowest BCUT2D eigenvalue weighted by molar-refractivity contribution is -0.116. The number of rotatable bonds is 4. The number of benzene rings is 1. The minimum absolute atomic E-state index is 0.0522. The molecule has 0 unspecified atom stereocenters. The largest absolute Gasteiger partial charge is 0.302 e. The molecule has 2 aromatic heterocycles. The summed E-state index contributed by atoms with van der Waals surface area (Å²) in [5.41, 5.74) is 0.873. The third kappa shape index (κ3) is 3.57. The number of fused-ring (bicyclic) bond motifs is 2. The van der Waals surface area contributed by atoms with Gasteiger partial charge in [0.05, 0.1) is 22.5 Å². The number of aromatic nitrogens is 4. The summed E-state index contributed by atoms with van der Waals surface area (Å²) in [7, 11) is 0. The van der Waals surface area contributed by atoms with Gasteiger partial charge in [0, 0.05) is 12.8 Å². The number of carbonyl (C=O) groups excluding carboxylic acids is 2. The van der Waals surface area contributed by atoms with Gasteiger partial charge in [-0.25, -0.2) is 9.67 Å². The van der Waals surface area contributed by atoms with Crippen molar-refractivity contribution in [2.24, 2.45) is 5.41 Å². The molecule has 0 aliphatic heterocycles. The summed E-state index contributed by atoms with van der Waals surface area (Å²) in [5, 5.41) is 11.5. The number of nitrogens with one attached hydrogen (secondary N) is 1. The fourth-order valence-electron chi connectivity index (χ4n) is 3.33. The van der Waals surface area contributed by atoms with Crippen LogP contribution in [0.25, 0.3) is 10.9 Å². The van der Waals surface area contributed by atoms with Crippen molar-refractivity contribution in [3.63, 3.8) is 0 Å². The Bertz CT molecular complexity index is 1150. The second-order valence-corrected chi connectivity index (χ2v) is 8.67. The zero-order chi connectivity index (χ0) is 19.9. The van der Waals surface area contributed by atoms with E-state index in [4.69, 9.17) is 0 Å². The standard InChI is InChI=1S/C19H19N5O3S/c1-19(2)9-13-16(14(25)10-19)28-18(20-13)21-15(26)7-8-24-17(27)11-5-3-4-6-12(11)22-23-24/h3-6H,7-10H2,1-2H3,(H,20,21,26). The number of Topliss-reactive ketones (excluding diaryl/α,β-unsaturated/α-hetero) is 1. The smallest absolute Gasteiger partial charge is 0.277 e. The average Bonchev–Trinajstić information content (AvgIpc) is 3.02. The van der Waals surface area contributed by atoms with Crippen molar-refractivity contribution in [3.8, 4) is 0 Å². The normalized spacial score (nSPS) is 15.4. The molecule has 1 aliphatic carbocycles. The molecule has 144 valence electrons. The Morgan fingerprint density at radius 2 is 2.04 bits per heavy atom. The summed E-state index contributed by atoms with van der Waals surface area (Å²) in [6.45, 7) is 4.18. The first-order valence-electron chi connectivity index (χ1n) is 8.98. The monoisotopic (exact) mass is 397 g/mol. The Morgan fingerprint density at radius 3 is 2.86 bits per heavy atom. The van der Waals surface area contributed by atoms with Crippen LogP contribution < -0.4 is 10.9 Å². The molecule has 3 aromatic rings. The molecule has 0 atom stereocenters. The van der Waals surface area contributed by atoms with E-state index in [0.29, 0.717) is 33.8 Å². The fraction of sp³-hybridized carbons (Fsp3) is 0.368. The summed E-state index contributed by atoms with van der Waals surface area (Å²) in [5.74, 6) is -0.220. The van der Waals surface area contributed by atoms with E-state index in [2.05, 4.69) is 20.6 Å². The third-order valence-electron chi connectivity index (χ3n) is 4.66. The summed E-state index contributed by atoms with van der Waals surface area (Å²) >= 11 is 1.21. The molecule has 1 amide bonds. The summed E-state index contributed by atoms with van der Waals surface area (Å²) in [6.07, 6.45) is 1.25. The lowest BCUT2D eigenvalue weighted by Crippen LogP contribution is -2.26. The van der Waals surface area contributed by atoms with E-state index < -0.39 is 0 Å². The van der Waals surface area contributed by atoms with Gasteiger partial charge >= 0.3 is 0 Å². The van der Waals surface area contributed by atoms with Crippen molar-refractivity contribution >= 4 is 39.1 Å². The number of carbonyl (C=O) groups is 2. The number of hydrogen-bond donors (Lipinski definition) is 1. The molecule has 0 bridgehead atoms. The van der Waals surface area contributed by atoms with Crippen molar-refractivity contribution in [1.29, 1.82) is 0 Å². The Balaban J connectivity index is 1.44. The van der Waals surface area contributed by atoms with Gasteiger partial charge in [0.1, 0.15) is 5.52 Å². The maximum absolute atomic E-state index is 12.4. The number of amides is 1. The molecular formula is C19H19N5O3S. The van der Waals surface area contributed by atoms with Crippen LogP contribution in [0.2, 0.25) is 0 Å². The van der Waals surface area contributed by atoms with Gasteiger partial charge < -0.3 is 5.32 Å². The van der Waals surface area contributed by atoms with Gasteiger partial charge in [-0.05, 0) is 24.0 Å². The van der Waals surface area contributed by atoms with Crippen molar-refractivity contribution in [2.45, 2.75) is 39.7 Å². The Hall–Kier alpha value is -2.94. The van der Waals surface area contributed by atoms with Crippen LogP contribution in [0.15, 0.2) is 29.1 Å². The van der Waals surface area contributed by atoms with Gasteiger partial charge in [0.2, 0.25) is 5.91 Å². The van der Waals surface area contributed by atoms with Gasteiger partial charge in [-0.15, -0.1) is 5.10 Å². The summed E-state index contributed by atoms with van der Waals surface area (Å²) in [4.78, 5) is 42.0. The van der Waals surface area contributed by atoms with E-state index in [9.17, 15) is 14.4 Å². The molecule has 1 N–H and O–H groups in total. The molecule has 1 aromatic carbocycles. The second-order valence-electron chi connectivity index (χ2n) is 7.67. The maximum Gasteiger partial charge on any atom is 0.277 e. The number of anilines is 1. The Labute approximate surface area is 164 Å². The zero-order valence-corrected chi connectivity index (χ0v) is 16.4. The van der Waals surface area contributed by atoms with Crippen LogP contribution in [0.4, 0.5) is 5.13 Å². The van der Waals surface area contributed by atoms with Crippen LogP contribution >= 0.6 is 11.3 Å². The van der Waals surface area contributed by atoms with Crippen molar-refractivity contribution in [3.05, 3.63) is 45.2 Å². The molecule has 9 heteroatoms. The van der Waals surface area contributed by atoms with Crippen molar-refractivity contribution in [2.75, 3.05) is 5.32 Å². The van der Waals surface area contributed by atoms with Crippen LogP contribution in [-0.4, -0.2) is 31.7 Å². The number of nitrogens with zero attached hydrogens (tertiary/aromatic N) is 4. The number of ketones is 1. The Kier molecular flexibility index (Phi) is 4.54. The minimum atomic E-state index is -0.292. The number of aryl methyl sites for hydroxylation is 1. The predicted octanol–water partition coefficient (Wildman–Crippen LogP) is 2.43. The fourth-order valence-corrected chi connectivity index (χ4v) is 4.27. The highest BCUT2D eigenvalue weighted by atomic mass is 32.1. The molecule has 2 heterocycles. The summed E-state index contributed by atoms with van der Waals surface area (Å²) in [6, 6.07) is 6.94. The van der Waals surface area contributed by atoms with Crippen LogP contribution in [0.1, 0.15) is 42.1 Å². The highest BCUT2D eigenvalue weighted by molar-refractivity contribution is 7.17. The molecule has 0 spiro atoms. The van der Waals surface area contributed by atoms with E-state index >= 15 is 0 Å². The molecule has 28 heavy (non-hydrogen) atoms. The van der Waals surface area contributed by atoms with E-state index in [1.165, 1.54) is 16.0 Å². The third-order valence-corrected chi connectivity index (χ3v) is 5.72. The quantitative estimate of drug-likeness (QED) is 0.725. The lowest BCUT2D eigenvalue weighted by Gasteiger charge is -2.26. The molecule has 4 rings (SSSR count). The lowest BCUT2D eigenvalue weighted by atomic mass is 9.78. The number of thiazole rings is 1. The highest BCUT2D eigenvalue weighted by Crippen LogP contribution is 2.38. The van der Waals surface area contributed by atoms with E-state index in [0.717, 1.165) is 5.69 Å². The minimum Gasteiger partial charge on any atom is -0.302 e. The molecule has 1 aliphatic rings. The maximum atomic E-state index is 12.4. The predicted molar refractivity (Wildman–Crippen MR) is 106 cm³/mol. The van der Waals surface area contributed by atoms with E-state index in [1.807, 2.05) is 13.8 Å². The van der Waals surface area contributed by atoms with E-state index in [-0.39, 0.29) is 35.6 Å². The highest BCUT2D eigenvalue weighted by Gasteiger charge is 2.34. The molecule has 0 fully saturated rings. The van der Waals surface area contributed by atoms with Crippen molar-refractivity contribution < 1.29 is 9.59 Å². The molecule has 0 radical (unpaired) electrons. The first-order valence-corrected chi connectivity index (χ1v) is 9.79. The van der Waals surface area contributed by atoms with Gasteiger partial charge in [-0.1, -0.05) is 42.5 Å². The van der Waals surface area contributed by atoms with Gasteiger partial charge in [0.15, 0.2) is 10.9 Å². The second kappa shape index (κ2) is 6.90. The topological polar surface area (TPSA) is 107 Å². The SMILES string of the molecule is CC1(C)CC(=O)c2sc(NC(=O)CCn3nnc4ccccc4c3=O)nc2C1. The number of hydrogen-bond acceptors (Lipinski definition) is 7. The van der Waals surface area contributed by atoms with Gasteiger partial charge in [-0.3, -0.25) is 14.4 Å². The molecule has 0 saturated carbocycles. The average molecular weight is 397 g/mol. The first kappa shape index (κ1) is 18.4. The zero-order valence-electron chi connectivity index (χ0n) is 15.6. The van der Waals surface area contributed by atoms with E-state index in [1.54, 1.807) is 24.3 Å². The van der Waals surface area contributed by atoms with Crippen LogP contribution in [-0.2, 0) is 17.8 Å². The van der Waals surface area contributed by atoms with Gasteiger partial charge in [-0.2, -0.15) is 0 Å². The molecule has 8 nitrogen and oxygen atoms in total. The van der Waals surface area contributed by atoms with Gasteiger partial charge in [0.25, 0.3) is 5.56 Å². The summed E-state index contributed by atoms with van der Waals surface area (Å²) < 4.78 is 1.18. The van der Waals surface area contributed by atoms with Crippen LogP contribution in [0.5, 0.6) is 0 Å². The first-order chi connectivity index (χ1) is 13.3.